The van der Waals surface area contributed by atoms with Crippen molar-refractivity contribution in [2.24, 2.45) is 11.3 Å². The fourth-order valence-electron chi connectivity index (χ4n) is 3.39. The Morgan fingerprint density at radius 2 is 1.30 bits per heavy atom. The number of ether oxygens (including phenoxy) is 2. The van der Waals surface area contributed by atoms with E-state index in [0.717, 1.165) is 19.3 Å². The molecule has 0 rings (SSSR count). The molecule has 4 nitrogen and oxygen atoms in total. The van der Waals surface area contributed by atoms with Crippen LogP contribution in [-0.2, 0) is 19.1 Å². The van der Waals surface area contributed by atoms with Crippen molar-refractivity contribution < 1.29 is 19.1 Å². The van der Waals surface area contributed by atoms with Gasteiger partial charge in [0, 0.05) is 0 Å². The minimum absolute atomic E-state index is 0.157. The first-order valence-corrected chi connectivity index (χ1v) is 11.3. The zero-order valence-electron chi connectivity index (χ0n) is 18.8. The maximum atomic E-state index is 12.8. The van der Waals surface area contributed by atoms with E-state index in [1.165, 1.54) is 38.5 Å². The summed E-state index contributed by atoms with van der Waals surface area (Å²) in [4.78, 5) is 25.5. The summed E-state index contributed by atoms with van der Waals surface area (Å²) in [6.07, 6.45) is 11.0. The lowest BCUT2D eigenvalue weighted by molar-refractivity contribution is -0.178. The minimum Gasteiger partial charge on any atom is -0.465 e. The Bertz CT molecular complexity index is 399. The van der Waals surface area contributed by atoms with Gasteiger partial charge in [-0.2, -0.15) is 0 Å². The van der Waals surface area contributed by atoms with Gasteiger partial charge in [0.1, 0.15) is 6.10 Å². The summed E-state index contributed by atoms with van der Waals surface area (Å²) < 4.78 is 11.2. The molecule has 1 atom stereocenters. The van der Waals surface area contributed by atoms with Crippen molar-refractivity contribution in [3.63, 3.8) is 0 Å². The van der Waals surface area contributed by atoms with Gasteiger partial charge in [-0.05, 0) is 31.6 Å². The third-order valence-electron chi connectivity index (χ3n) is 5.62. The van der Waals surface area contributed by atoms with E-state index in [2.05, 4.69) is 6.92 Å². The lowest BCUT2D eigenvalue weighted by Crippen LogP contribution is -2.43. The second-order valence-electron chi connectivity index (χ2n) is 8.00. The monoisotopic (exact) mass is 384 g/mol. The molecule has 0 heterocycles. The molecule has 0 aromatic carbocycles. The molecule has 0 aliphatic heterocycles. The van der Waals surface area contributed by atoms with Gasteiger partial charge in [0.2, 0.25) is 0 Å². The summed E-state index contributed by atoms with van der Waals surface area (Å²) in [7, 11) is 0. The van der Waals surface area contributed by atoms with Gasteiger partial charge in [-0.15, -0.1) is 0 Å². The summed E-state index contributed by atoms with van der Waals surface area (Å²) >= 11 is 0. The van der Waals surface area contributed by atoms with E-state index in [0.29, 0.717) is 19.4 Å². The van der Waals surface area contributed by atoms with Crippen LogP contribution in [0.4, 0.5) is 0 Å². The summed E-state index contributed by atoms with van der Waals surface area (Å²) in [5.41, 5.74) is -1.16. The zero-order valence-corrected chi connectivity index (χ0v) is 18.8. The topological polar surface area (TPSA) is 52.6 Å². The Kier molecular flexibility index (Phi) is 14.3. The maximum absolute atomic E-state index is 12.8. The second-order valence-corrected chi connectivity index (χ2v) is 8.00. The molecule has 0 fully saturated rings. The predicted octanol–water partition coefficient (Wildman–Crippen LogP) is 6.45. The average molecular weight is 385 g/mol. The van der Waals surface area contributed by atoms with E-state index >= 15 is 0 Å². The first kappa shape index (κ1) is 25.9. The molecule has 27 heavy (non-hydrogen) atoms. The Hall–Kier alpha value is -1.06. The molecule has 0 saturated carbocycles. The van der Waals surface area contributed by atoms with Crippen molar-refractivity contribution in [2.75, 3.05) is 6.61 Å². The number of rotatable bonds is 16. The highest BCUT2D eigenvalue weighted by atomic mass is 16.6. The summed E-state index contributed by atoms with van der Waals surface area (Å²) in [6.45, 7) is 12.4. The van der Waals surface area contributed by atoms with Crippen molar-refractivity contribution >= 4 is 11.9 Å². The molecule has 1 unspecified atom stereocenters. The number of hydrogen-bond donors (Lipinski definition) is 0. The summed E-state index contributed by atoms with van der Waals surface area (Å²) in [6, 6.07) is 0. The normalized spacial score (nSPS) is 12.9. The lowest BCUT2D eigenvalue weighted by Gasteiger charge is -2.30. The Morgan fingerprint density at radius 3 is 1.74 bits per heavy atom. The molecular weight excluding hydrogens is 340 g/mol. The Balaban J connectivity index is 4.42. The zero-order chi connectivity index (χ0) is 20.7. The van der Waals surface area contributed by atoms with Gasteiger partial charge in [-0.1, -0.05) is 86.5 Å². The van der Waals surface area contributed by atoms with Gasteiger partial charge in [-0.3, -0.25) is 9.59 Å². The third-order valence-corrected chi connectivity index (χ3v) is 5.62. The smallest absolute Gasteiger partial charge is 0.323 e. The van der Waals surface area contributed by atoms with E-state index < -0.39 is 17.4 Å². The highest BCUT2D eigenvalue weighted by Crippen LogP contribution is 2.31. The molecule has 0 bridgehead atoms. The molecule has 0 aromatic heterocycles. The number of carbonyl (C=O) groups is 2. The fraction of sp³-hybridized carbons (Fsp3) is 0.913. The first-order chi connectivity index (χ1) is 12.9. The molecule has 0 aromatic rings. The standard InChI is InChI=1S/C23H44O4/c1-7-11-12-13-14-15-16-17-18-26-21(24)23(9-3,10-4)22(25)27-20(8-2)19(5)6/h19-20H,7-18H2,1-6H3. The molecule has 4 heteroatoms. The van der Waals surface area contributed by atoms with E-state index in [-0.39, 0.29) is 12.0 Å². The van der Waals surface area contributed by atoms with E-state index in [1.54, 1.807) is 0 Å². The van der Waals surface area contributed by atoms with Crippen molar-refractivity contribution in [3.05, 3.63) is 0 Å². The Morgan fingerprint density at radius 1 is 0.778 bits per heavy atom. The van der Waals surface area contributed by atoms with Crippen LogP contribution in [0.15, 0.2) is 0 Å². The van der Waals surface area contributed by atoms with E-state index in [4.69, 9.17) is 9.47 Å². The number of hydrogen-bond acceptors (Lipinski definition) is 4. The third kappa shape index (κ3) is 9.12. The van der Waals surface area contributed by atoms with Gasteiger partial charge < -0.3 is 9.47 Å². The molecule has 0 amide bonds. The van der Waals surface area contributed by atoms with Crippen molar-refractivity contribution in [1.82, 2.24) is 0 Å². The van der Waals surface area contributed by atoms with Crippen LogP contribution in [0, 0.1) is 11.3 Å². The van der Waals surface area contributed by atoms with Crippen molar-refractivity contribution in [1.29, 1.82) is 0 Å². The Labute approximate surface area is 167 Å². The molecule has 160 valence electrons. The van der Waals surface area contributed by atoms with Crippen LogP contribution in [-0.4, -0.2) is 24.6 Å². The van der Waals surface area contributed by atoms with Gasteiger partial charge >= 0.3 is 11.9 Å². The molecule has 0 aliphatic rings. The van der Waals surface area contributed by atoms with E-state index in [1.807, 2.05) is 34.6 Å². The van der Waals surface area contributed by atoms with Gasteiger partial charge in [0.25, 0.3) is 0 Å². The first-order valence-electron chi connectivity index (χ1n) is 11.3. The fourth-order valence-corrected chi connectivity index (χ4v) is 3.39. The van der Waals surface area contributed by atoms with E-state index in [9.17, 15) is 9.59 Å². The largest absolute Gasteiger partial charge is 0.465 e. The summed E-state index contributed by atoms with van der Waals surface area (Å²) in [5, 5.41) is 0. The molecule has 0 radical (unpaired) electrons. The molecule has 0 aliphatic carbocycles. The lowest BCUT2D eigenvalue weighted by atomic mass is 9.82. The quantitative estimate of drug-likeness (QED) is 0.174. The van der Waals surface area contributed by atoms with Crippen LogP contribution in [0.3, 0.4) is 0 Å². The number of carbonyl (C=O) groups excluding carboxylic acids is 2. The molecule has 0 N–H and O–H groups in total. The minimum atomic E-state index is -1.16. The highest BCUT2D eigenvalue weighted by molar-refractivity contribution is 6.00. The van der Waals surface area contributed by atoms with Crippen LogP contribution in [0.1, 0.15) is 112 Å². The second kappa shape index (κ2) is 14.9. The average Bonchev–Trinajstić information content (AvgIpc) is 2.65. The van der Waals surface area contributed by atoms with Gasteiger partial charge in [-0.25, -0.2) is 0 Å². The van der Waals surface area contributed by atoms with Crippen LogP contribution in [0.2, 0.25) is 0 Å². The number of unbranched alkanes of at least 4 members (excludes halogenated alkanes) is 7. The highest BCUT2D eigenvalue weighted by Gasteiger charge is 2.46. The van der Waals surface area contributed by atoms with Gasteiger partial charge in [0.05, 0.1) is 6.61 Å². The molecular formula is C23H44O4. The van der Waals surface area contributed by atoms with Crippen molar-refractivity contribution in [3.8, 4) is 0 Å². The number of esters is 2. The molecule has 0 spiro atoms. The maximum Gasteiger partial charge on any atom is 0.323 e. The summed E-state index contributed by atoms with van der Waals surface area (Å²) in [5.74, 6) is -0.605. The van der Waals surface area contributed by atoms with Crippen LogP contribution >= 0.6 is 0 Å². The van der Waals surface area contributed by atoms with Crippen molar-refractivity contribution in [2.45, 2.75) is 118 Å². The van der Waals surface area contributed by atoms with Crippen LogP contribution < -0.4 is 0 Å². The van der Waals surface area contributed by atoms with Crippen LogP contribution in [0.25, 0.3) is 0 Å². The SMILES string of the molecule is CCCCCCCCCCOC(=O)C(CC)(CC)C(=O)OC(CC)C(C)C. The molecule has 0 saturated heterocycles. The van der Waals surface area contributed by atoms with Crippen LogP contribution in [0.5, 0.6) is 0 Å². The predicted molar refractivity (Wildman–Crippen MR) is 112 cm³/mol. The van der Waals surface area contributed by atoms with Gasteiger partial charge in [0.15, 0.2) is 5.41 Å².